The van der Waals surface area contributed by atoms with Gasteiger partial charge in [-0.1, -0.05) is 129 Å². The summed E-state index contributed by atoms with van der Waals surface area (Å²) in [5.41, 5.74) is 10.4. The van der Waals surface area contributed by atoms with E-state index in [1.807, 2.05) is 82.9 Å². The minimum atomic E-state index is -0.412. The van der Waals surface area contributed by atoms with Gasteiger partial charge in [0, 0.05) is 54.5 Å². The van der Waals surface area contributed by atoms with E-state index in [-0.39, 0.29) is 5.69 Å². The molecule has 10 aromatic rings. The van der Waals surface area contributed by atoms with Gasteiger partial charge < -0.3 is 24.9 Å². The molecule has 5 heterocycles. The summed E-state index contributed by atoms with van der Waals surface area (Å²) in [4.78, 5) is 25.6. The van der Waals surface area contributed by atoms with Crippen LogP contribution < -0.4 is 0 Å². The summed E-state index contributed by atoms with van der Waals surface area (Å²) >= 11 is 47.7. The number of halogens is 3. The Kier molecular flexibility index (Phi) is 19.2. The van der Waals surface area contributed by atoms with Gasteiger partial charge in [-0.05, 0) is 109 Å². The Bertz CT molecular complexity index is 3450. The third-order valence-electron chi connectivity index (χ3n) is 8.55. The Morgan fingerprint density at radius 1 is 0.554 bits per heavy atom. The summed E-state index contributed by atoms with van der Waals surface area (Å²) in [7, 11) is 0. The zero-order chi connectivity index (χ0) is 46.5. The lowest BCUT2D eigenvalue weighted by atomic mass is 10.1. The van der Waals surface area contributed by atoms with E-state index >= 15 is 0 Å². The first-order chi connectivity index (χ1) is 31.2. The zero-order valence-electron chi connectivity index (χ0n) is 33.3. The van der Waals surface area contributed by atoms with Crippen LogP contribution in [0.4, 0.5) is 5.69 Å². The largest absolute Gasteiger partial charge is 0.337 e. The molecule has 21 heteroatoms. The quantitative estimate of drug-likeness (QED) is 0.0661. The van der Waals surface area contributed by atoms with Crippen LogP contribution in [0.5, 0.6) is 0 Å². The second-order valence-corrected chi connectivity index (χ2v) is 23.0. The normalized spacial score (nSPS) is 10.3. The number of H-pyrrole nitrogens is 5. The molecule has 0 radical (unpaired) electrons. The number of non-ortho nitro benzene ring substituents is 1. The van der Waals surface area contributed by atoms with E-state index in [2.05, 4.69) is 78.1 Å². The lowest BCUT2D eigenvalue weighted by molar-refractivity contribution is -0.384. The number of para-hydroxylation sites is 1. The van der Waals surface area contributed by atoms with Crippen molar-refractivity contribution >= 4 is 173 Å². The van der Waals surface area contributed by atoms with Crippen molar-refractivity contribution < 1.29 is 4.92 Å². The maximum absolute atomic E-state index is 10.6. The number of aryl methyl sites for hydroxylation is 1. The van der Waals surface area contributed by atoms with Crippen LogP contribution >= 0.6 is 157 Å². The predicted octanol–water partition coefficient (Wildman–Crippen LogP) is 19.1. The fourth-order valence-electron chi connectivity index (χ4n) is 5.55. The van der Waals surface area contributed by atoms with Crippen molar-refractivity contribution in [1.29, 1.82) is 0 Å². The number of nitro groups is 1. The summed E-state index contributed by atoms with van der Waals surface area (Å²) in [6, 6.07) is 38.4. The van der Waals surface area contributed by atoms with E-state index in [1.54, 1.807) is 34.8 Å². The number of fused-ring (bicyclic) bond motifs is 1. The molecule has 8 nitrogen and oxygen atoms in total. The van der Waals surface area contributed by atoms with Crippen molar-refractivity contribution in [2.24, 2.45) is 0 Å². The minimum Gasteiger partial charge on any atom is -0.337 e. The Labute approximate surface area is 436 Å². The van der Waals surface area contributed by atoms with Crippen molar-refractivity contribution in [2.75, 3.05) is 0 Å². The zero-order valence-corrected chi connectivity index (χ0v) is 44.5. The Balaban J connectivity index is 0.000000135. The van der Waals surface area contributed by atoms with Gasteiger partial charge in [-0.25, -0.2) is 0 Å². The first-order valence-corrected chi connectivity index (χ1v) is 26.4. The number of hydrogen-bond acceptors (Lipinski definition) is 12. The number of nitrogens with zero attached hydrogens (tertiary/aromatic N) is 1. The molecule has 5 aromatic carbocycles. The van der Waals surface area contributed by atoms with Gasteiger partial charge in [-0.15, -0.1) is 45.3 Å². The maximum Gasteiger partial charge on any atom is 0.270 e. The number of aromatic nitrogens is 5. The number of aromatic amines is 5. The fraction of sp³-hybridized carbons (Fsp3) is 0.0227. The third-order valence-corrected chi connectivity index (χ3v) is 15.1. The molecule has 330 valence electrons. The number of benzene rings is 5. The van der Waals surface area contributed by atoms with Crippen molar-refractivity contribution in [1.82, 2.24) is 24.9 Å². The number of nitrogens with one attached hydrogen (secondary N) is 5. The molecule has 0 saturated carbocycles. The SMILES string of the molecule is Cc1cccc2sc(=S)[nH]c12.O=[N+]([O-])c1cccc(-c2csc(=S)[nH]2)c1.S=c1[nH]c(-c2ccc(Br)cc2)cs1.S=c1[nH]c(-c2cccc(Cl)c2)cs1.S=c1[nH]c(-c2ccccc2)c(Cl)s1. The fourth-order valence-corrected chi connectivity index (χ4v) is 11.2. The van der Waals surface area contributed by atoms with Gasteiger partial charge in [0.15, 0.2) is 19.8 Å². The highest BCUT2D eigenvalue weighted by molar-refractivity contribution is 9.10. The third kappa shape index (κ3) is 15.3. The van der Waals surface area contributed by atoms with E-state index in [0.29, 0.717) is 7.91 Å². The minimum absolute atomic E-state index is 0.0815. The summed E-state index contributed by atoms with van der Waals surface area (Å²) < 4.78 is 6.89. The molecule has 0 bridgehead atoms. The molecule has 5 aromatic heterocycles. The van der Waals surface area contributed by atoms with Crippen LogP contribution in [-0.2, 0) is 0 Å². The summed E-state index contributed by atoms with van der Waals surface area (Å²) in [5.74, 6) is 0. The molecule has 65 heavy (non-hydrogen) atoms. The number of nitro benzene ring substituents is 1. The van der Waals surface area contributed by atoms with E-state index in [0.717, 1.165) is 70.7 Å². The average Bonchev–Trinajstić information content (AvgIpc) is 4.16. The topological polar surface area (TPSA) is 122 Å². The highest BCUT2D eigenvalue weighted by atomic mass is 79.9. The van der Waals surface area contributed by atoms with Gasteiger partial charge in [-0.3, -0.25) is 10.1 Å². The number of hydrogen-bond donors (Lipinski definition) is 5. The lowest BCUT2D eigenvalue weighted by Gasteiger charge is -1.96. The lowest BCUT2D eigenvalue weighted by Crippen LogP contribution is -1.87. The average molecular weight is 1150 g/mol. The molecule has 0 amide bonds. The molecular formula is C44H31BrCl2N6O2S10. The molecule has 5 N–H and O–H groups in total. The van der Waals surface area contributed by atoms with Gasteiger partial charge in [-0.2, -0.15) is 0 Å². The highest BCUT2D eigenvalue weighted by Crippen LogP contribution is 2.31. The first-order valence-electron chi connectivity index (χ1n) is 18.5. The van der Waals surface area contributed by atoms with E-state index in [1.165, 1.54) is 61.9 Å². The van der Waals surface area contributed by atoms with Gasteiger partial charge in [0.05, 0.1) is 37.9 Å². The van der Waals surface area contributed by atoms with Crippen LogP contribution in [0.25, 0.3) is 55.2 Å². The Morgan fingerprint density at radius 3 is 1.58 bits per heavy atom. The van der Waals surface area contributed by atoms with Gasteiger partial charge in [0.1, 0.15) is 4.34 Å². The van der Waals surface area contributed by atoms with Crippen LogP contribution in [0, 0.1) is 36.8 Å². The van der Waals surface area contributed by atoms with Crippen LogP contribution in [0.2, 0.25) is 9.36 Å². The maximum atomic E-state index is 10.6. The molecule has 0 atom stereocenters. The van der Waals surface area contributed by atoms with Crippen molar-refractivity contribution in [3.8, 4) is 45.0 Å². The van der Waals surface area contributed by atoms with Crippen LogP contribution in [-0.4, -0.2) is 29.8 Å². The molecule has 10 rings (SSSR count). The van der Waals surface area contributed by atoms with Crippen molar-refractivity contribution in [3.63, 3.8) is 0 Å². The van der Waals surface area contributed by atoms with Crippen molar-refractivity contribution in [3.05, 3.63) is 187 Å². The predicted molar refractivity (Wildman–Crippen MR) is 296 cm³/mol. The van der Waals surface area contributed by atoms with Gasteiger partial charge in [0.2, 0.25) is 0 Å². The molecule has 0 spiro atoms. The smallest absolute Gasteiger partial charge is 0.270 e. The second-order valence-electron chi connectivity index (χ2n) is 13.0. The van der Waals surface area contributed by atoms with Crippen LogP contribution in [0.3, 0.4) is 0 Å². The van der Waals surface area contributed by atoms with Crippen LogP contribution in [0.1, 0.15) is 5.56 Å². The van der Waals surface area contributed by atoms with E-state index < -0.39 is 4.92 Å². The monoisotopic (exact) mass is 1140 g/mol. The van der Waals surface area contributed by atoms with E-state index in [4.69, 9.17) is 84.3 Å². The Hall–Kier alpha value is -3.93. The number of rotatable bonds is 5. The molecule has 0 aliphatic carbocycles. The van der Waals surface area contributed by atoms with Crippen LogP contribution in [0.15, 0.2) is 142 Å². The molecule has 0 saturated heterocycles. The van der Waals surface area contributed by atoms with Crippen molar-refractivity contribution in [2.45, 2.75) is 6.92 Å². The summed E-state index contributed by atoms with van der Waals surface area (Å²) in [6.07, 6.45) is 0. The van der Waals surface area contributed by atoms with Gasteiger partial charge in [0.25, 0.3) is 5.69 Å². The standard InChI is InChI=1S/C9H6BrNS2.2C9H6ClNS2.C9H6N2O2S2.C8H7NS2/c10-7-3-1-6(2-4-7)8-5-13-9(12)11-8;10-7-3-1-2-6(4-7)8-5-13-9(12)11-8;10-8-7(11-9(12)13-8)6-4-2-1-3-5-6;12-11(13)7-3-1-2-6(4-7)8-5-15-9(14)10-8;1-5-3-2-4-6-7(5)9-8(10)11-6/h3*1-5H,(H,11,12);1-5H,(H,10,14);2-4H,1H3,(H,9,10). The molecule has 0 aliphatic rings. The molecule has 0 unspecified atom stereocenters. The van der Waals surface area contributed by atoms with E-state index in [9.17, 15) is 10.1 Å². The molecule has 0 aliphatic heterocycles. The summed E-state index contributed by atoms with van der Waals surface area (Å²) in [6.45, 7) is 2.08. The molecular weight excluding hydrogens is 1120 g/mol. The second kappa shape index (κ2) is 24.7. The molecule has 0 fully saturated rings. The first kappa shape index (κ1) is 50.5. The summed E-state index contributed by atoms with van der Waals surface area (Å²) in [5, 5.41) is 17.2. The highest BCUT2D eigenvalue weighted by Gasteiger charge is 2.08. The number of thiazole rings is 5. The van der Waals surface area contributed by atoms with Gasteiger partial charge >= 0.3 is 0 Å². The Morgan fingerprint density at radius 2 is 1.08 bits per heavy atom.